The molecule has 2 unspecified atom stereocenters. The van der Waals surface area contributed by atoms with E-state index in [-0.39, 0.29) is 6.54 Å². The van der Waals surface area contributed by atoms with Crippen LogP contribution in [0.2, 0.25) is 0 Å². The maximum absolute atomic E-state index is 9.84. The summed E-state index contributed by atoms with van der Waals surface area (Å²) in [6.45, 7) is 5.04. The second-order valence-electron chi connectivity index (χ2n) is 3.96. The summed E-state index contributed by atoms with van der Waals surface area (Å²) in [6, 6.07) is 0. The lowest BCUT2D eigenvalue weighted by molar-refractivity contribution is -0.0881. The molecule has 0 rings (SSSR count). The lowest BCUT2D eigenvalue weighted by Crippen LogP contribution is -2.53. The minimum absolute atomic E-state index is 0.0115. The fourth-order valence-electron chi connectivity index (χ4n) is 0.833. The van der Waals surface area contributed by atoms with Gasteiger partial charge in [-0.25, -0.2) is 0 Å². The van der Waals surface area contributed by atoms with Crippen molar-refractivity contribution < 1.29 is 10.2 Å². The van der Waals surface area contributed by atoms with E-state index in [0.717, 1.165) is 19.3 Å². The summed E-state index contributed by atoms with van der Waals surface area (Å²) in [5, 5.41) is 19.6. The van der Waals surface area contributed by atoms with Gasteiger partial charge in [0.25, 0.3) is 0 Å². The van der Waals surface area contributed by atoms with Crippen molar-refractivity contribution >= 4 is 0 Å². The average Bonchev–Trinajstić information content (AvgIpc) is 2.12. The van der Waals surface area contributed by atoms with Crippen LogP contribution < -0.4 is 5.73 Å². The van der Waals surface area contributed by atoms with Gasteiger partial charge >= 0.3 is 0 Å². The number of nitrogens with two attached hydrogens (primary N) is 1. The van der Waals surface area contributed by atoms with Crippen molar-refractivity contribution in [3.63, 3.8) is 0 Å². The lowest BCUT2D eigenvalue weighted by Gasteiger charge is -2.33. The van der Waals surface area contributed by atoms with E-state index in [0.29, 0.717) is 0 Å². The standard InChI is InChI=1S/C11H21NO2/c1-4-5-6-7-8-10(2,13)11(3,14)9-12/h13-14H,4-6,9,12H2,1-3H3. The van der Waals surface area contributed by atoms with E-state index in [4.69, 9.17) is 5.73 Å². The number of hydrogen-bond donors (Lipinski definition) is 3. The zero-order valence-corrected chi connectivity index (χ0v) is 9.30. The van der Waals surface area contributed by atoms with Gasteiger partial charge in [0.2, 0.25) is 0 Å². The van der Waals surface area contributed by atoms with Crippen LogP contribution in [0.1, 0.15) is 40.0 Å². The van der Waals surface area contributed by atoms with E-state index in [1.165, 1.54) is 13.8 Å². The molecule has 0 amide bonds. The van der Waals surface area contributed by atoms with Gasteiger partial charge in [-0.2, -0.15) is 0 Å². The Morgan fingerprint density at radius 1 is 1.29 bits per heavy atom. The van der Waals surface area contributed by atoms with Crippen LogP contribution in [0.5, 0.6) is 0 Å². The van der Waals surface area contributed by atoms with Crippen LogP contribution in [0.4, 0.5) is 0 Å². The molecule has 4 N–H and O–H groups in total. The van der Waals surface area contributed by atoms with Crippen LogP contribution >= 0.6 is 0 Å². The van der Waals surface area contributed by atoms with E-state index in [1.54, 1.807) is 0 Å². The van der Waals surface area contributed by atoms with Gasteiger partial charge in [0.15, 0.2) is 5.60 Å². The largest absolute Gasteiger partial charge is 0.385 e. The predicted octanol–water partition coefficient (Wildman–Crippen LogP) is 0.641. The van der Waals surface area contributed by atoms with Crippen molar-refractivity contribution in [2.45, 2.75) is 51.2 Å². The summed E-state index contributed by atoms with van der Waals surface area (Å²) in [6.07, 6.45) is 2.82. The van der Waals surface area contributed by atoms with Crippen molar-refractivity contribution in [3.8, 4) is 11.8 Å². The molecular formula is C11H21NO2. The molecule has 0 aliphatic rings. The molecule has 0 fully saturated rings. The molecule has 0 aromatic rings. The zero-order chi connectivity index (χ0) is 11.2. The summed E-state index contributed by atoms with van der Waals surface area (Å²) in [4.78, 5) is 0. The van der Waals surface area contributed by atoms with Crippen LogP contribution in [0.15, 0.2) is 0 Å². The Morgan fingerprint density at radius 3 is 2.29 bits per heavy atom. The Hall–Kier alpha value is -0.560. The molecule has 14 heavy (non-hydrogen) atoms. The molecule has 0 saturated carbocycles. The maximum atomic E-state index is 9.84. The van der Waals surface area contributed by atoms with Gasteiger partial charge in [-0.3, -0.25) is 0 Å². The van der Waals surface area contributed by atoms with Gasteiger partial charge in [-0.15, -0.1) is 5.92 Å². The molecular weight excluding hydrogens is 178 g/mol. The molecule has 0 aliphatic carbocycles. The molecule has 2 atom stereocenters. The van der Waals surface area contributed by atoms with Gasteiger partial charge < -0.3 is 15.9 Å². The van der Waals surface area contributed by atoms with Gasteiger partial charge in [-0.05, 0) is 20.3 Å². The lowest BCUT2D eigenvalue weighted by atomic mass is 9.86. The van der Waals surface area contributed by atoms with Crippen molar-refractivity contribution in [2.75, 3.05) is 6.54 Å². The first-order valence-electron chi connectivity index (χ1n) is 5.02. The smallest absolute Gasteiger partial charge is 0.152 e. The maximum Gasteiger partial charge on any atom is 0.152 e. The van der Waals surface area contributed by atoms with Crippen LogP contribution in [0.25, 0.3) is 0 Å². The second kappa shape index (κ2) is 5.35. The fourth-order valence-corrected chi connectivity index (χ4v) is 0.833. The number of aliphatic hydroxyl groups is 2. The number of hydrogen-bond acceptors (Lipinski definition) is 3. The number of rotatable bonds is 4. The molecule has 0 aromatic carbocycles. The van der Waals surface area contributed by atoms with Gasteiger partial charge in [0, 0.05) is 13.0 Å². The van der Waals surface area contributed by atoms with Crippen molar-refractivity contribution in [3.05, 3.63) is 0 Å². The predicted molar refractivity (Wildman–Crippen MR) is 57.6 cm³/mol. The molecule has 0 aliphatic heterocycles. The highest BCUT2D eigenvalue weighted by Gasteiger charge is 2.39. The normalized spacial score (nSPS) is 19.0. The first-order chi connectivity index (χ1) is 6.37. The Bertz CT molecular complexity index is 223. The van der Waals surface area contributed by atoms with Crippen molar-refractivity contribution in [2.24, 2.45) is 5.73 Å². The molecule has 0 spiro atoms. The first-order valence-corrected chi connectivity index (χ1v) is 5.02. The Kier molecular flexibility index (Phi) is 5.14. The molecule has 82 valence electrons. The quantitative estimate of drug-likeness (QED) is 0.460. The zero-order valence-electron chi connectivity index (χ0n) is 9.30. The SMILES string of the molecule is CCCCC#CC(C)(O)C(C)(O)CN. The minimum atomic E-state index is -1.44. The van der Waals surface area contributed by atoms with Gasteiger partial charge in [0.05, 0.1) is 0 Å². The van der Waals surface area contributed by atoms with E-state index in [2.05, 4.69) is 18.8 Å². The first kappa shape index (κ1) is 13.4. The molecule has 3 nitrogen and oxygen atoms in total. The molecule has 3 heteroatoms. The summed E-state index contributed by atoms with van der Waals surface area (Å²) >= 11 is 0. The van der Waals surface area contributed by atoms with E-state index in [1.807, 2.05) is 0 Å². The van der Waals surface area contributed by atoms with Gasteiger partial charge in [0.1, 0.15) is 5.60 Å². The van der Waals surface area contributed by atoms with Crippen LogP contribution in [-0.2, 0) is 0 Å². The van der Waals surface area contributed by atoms with E-state index < -0.39 is 11.2 Å². The number of unbranched alkanes of at least 4 members (excludes halogenated alkanes) is 2. The fraction of sp³-hybridized carbons (Fsp3) is 0.818. The Labute approximate surface area is 86.3 Å². The molecule has 0 aromatic heterocycles. The Morgan fingerprint density at radius 2 is 1.86 bits per heavy atom. The highest BCUT2D eigenvalue weighted by atomic mass is 16.4. The third-order valence-corrected chi connectivity index (χ3v) is 2.43. The van der Waals surface area contributed by atoms with E-state index >= 15 is 0 Å². The van der Waals surface area contributed by atoms with Crippen molar-refractivity contribution in [1.82, 2.24) is 0 Å². The van der Waals surface area contributed by atoms with Crippen LogP contribution in [0.3, 0.4) is 0 Å². The Balaban J connectivity index is 4.37. The molecule has 0 heterocycles. The minimum Gasteiger partial charge on any atom is -0.385 e. The molecule has 0 bridgehead atoms. The highest BCUT2D eigenvalue weighted by molar-refractivity contribution is 5.19. The second-order valence-corrected chi connectivity index (χ2v) is 3.96. The summed E-state index contributed by atoms with van der Waals surface area (Å²) < 4.78 is 0. The van der Waals surface area contributed by atoms with E-state index in [9.17, 15) is 10.2 Å². The molecule has 0 radical (unpaired) electrons. The summed E-state index contributed by atoms with van der Waals surface area (Å²) in [5.74, 6) is 5.51. The van der Waals surface area contributed by atoms with Crippen LogP contribution in [0, 0.1) is 11.8 Å². The average molecular weight is 199 g/mol. The molecule has 0 saturated heterocycles. The topological polar surface area (TPSA) is 66.5 Å². The third kappa shape index (κ3) is 3.67. The van der Waals surface area contributed by atoms with Crippen LogP contribution in [-0.4, -0.2) is 28.0 Å². The monoisotopic (exact) mass is 199 g/mol. The third-order valence-electron chi connectivity index (χ3n) is 2.43. The summed E-state index contributed by atoms with van der Waals surface area (Å²) in [5.41, 5.74) is 2.56. The highest BCUT2D eigenvalue weighted by Crippen LogP contribution is 2.19. The van der Waals surface area contributed by atoms with Crippen molar-refractivity contribution in [1.29, 1.82) is 0 Å². The summed E-state index contributed by atoms with van der Waals surface area (Å²) in [7, 11) is 0. The van der Waals surface area contributed by atoms with Gasteiger partial charge in [-0.1, -0.05) is 19.3 Å².